The van der Waals surface area contributed by atoms with E-state index in [4.69, 9.17) is 0 Å². The molecule has 88 valence electrons. The first-order valence-corrected chi connectivity index (χ1v) is 6.21. The van der Waals surface area contributed by atoms with E-state index in [1.165, 1.54) is 0 Å². The van der Waals surface area contributed by atoms with Gasteiger partial charge in [0.2, 0.25) is 5.91 Å². The van der Waals surface area contributed by atoms with Gasteiger partial charge in [-0.05, 0) is 31.4 Å². The molecule has 2 rings (SSSR count). The Morgan fingerprint density at radius 3 is 2.75 bits per heavy atom. The Kier molecular flexibility index (Phi) is 5.12. The van der Waals surface area contributed by atoms with Crippen molar-refractivity contribution in [2.75, 3.05) is 18.1 Å². The second-order valence-corrected chi connectivity index (χ2v) is 4.33. The van der Waals surface area contributed by atoms with Crippen LogP contribution in [0, 0.1) is 0 Å². The Balaban J connectivity index is 0.00000128. The highest BCUT2D eigenvalue weighted by atomic mass is 35.5. The fourth-order valence-electron chi connectivity index (χ4n) is 1.48. The lowest BCUT2D eigenvalue weighted by molar-refractivity contribution is -0.119. The number of carbonyl (C=O) groups is 1. The summed E-state index contributed by atoms with van der Waals surface area (Å²) in [5, 5.41) is 6.03. The van der Waals surface area contributed by atoms with Gasteiger partial charge in [-0.3, -0.25) is 4.79 Å². The van der Waals surface area contributed by atoms with Crippen LogP contribution in [0.3, 0.4) is 0 Å². The molecule has 1 heterocycles. The van der Waals surface area contributed by atoms with Crippen LogP contribution in [0.15, 0.2) is 29.2 Å². The lowest BCUT2D eigenvalue weighted by Crippen LogP contribution is -2.50. The smallest absolute Gasteiger partial charge is 0.241 e. The van der Waals surface area contributed by atoms with Crippen molar-refractivity contribution in [2.24, 2.45) is 0 Å². The Morgan fingerprint density at radius 1 is 1.50 bits per heavy atom. The number of rotatable bonds is 3. The van der Waals surface area contributed by atoms with E-state index in [0.717, 1.165) is 23.5 Å². The van der Waals surface area contributed by atoms with Gasteiger partial charge < -0.3 is 10.6 Å². The lowest BCUT2D eigenvalue weighted by Gasteiger charge is -2.26. The minimum Gasteiger partial charge on any atom is -0.324 e. The summed E-state index contributed by atoms with van der Waals surface area (Å²) < 4.78 is 0. The molecule has 1 fully saturated rings. The van der Waals surface area contributed by atoms with Gasteiger partial charge in [0.05, 0.1) is 11.7 Å². The Hall–Kier alpha value is -0.710. The molecule has 1 saturated heterocycles. The van der Waals surface area contributed by atoms with E-state index in [-0.39, 0.29) is 24.4 Å². The summed E-state index contributed by atoms with van der Waals surface area (Å²) in [5.74, 6) is 0.0720. The summed E-state index contributed by atoms with van der Waals surface area (Å²) in [4.78, 5) is 12.8. The summed E-state index contributed by atoms with van der Waals surface area (Å²) in [7, 11) is 0. The molecule has 3 nitrogen and oxygen atoms in total. The number of hydrogen-bond donors (Lipinski definition) is 2. The number of thioether (sulfide) groups is 1. The van der Waals surface area contributed by atoms with Crippen molar-refractivity contribution in [1.82, 2.24) is 5.32 Å². The van der Waals surface area contributed by atoms with Crippen LogP contribution < -0.4 is 10.6 Å². The monoisotopic (exact) mass is 258 g/mol. The predicted molar refractivity (Wildman–Crippen MR) is 70.5 cm³/mol. The van der Waals surface area contributed by atoms with Crippen molar-refractivity contribution < 1.29 is 4.79 Å². The van der Waals surface area contributed by atoms with E-state index in [1.54, 1.807) is 11.8 Å². The van der Waals surface area contributed by atoms with E-state index < -0.39 is 0 Å². The summed E-state index contributed by atoms with van der Waals surface area (Å²) >= 11 is 1.64. The molecular formula is C11H15ClN2OS. The highest BCUT2D eigenvalue weighted by Gasteiger charge is 2.24. The largest absolute Gasteiger partial charge is 0.324 e. The third-order valence-corrected chi connectivity index (χ3v) is 3.30. The van der Waals surface area contributed by atoms with Crippen LogP contribution in [-0.4, -0.2) is 24.7 Å². The average Bonchev–Trinajstić information content (AvgIpc) is 2.15. The molecule has 16 heavy (non-hydrogen) atoms. The van der Waals surface area contributed by atoms with Crippen LogP contribution in [0.25, 0.3) is 0 Å². The van der Waals surface area contributed by atoms with E-state index in [2.05, 4.69) is 10.6 Å². The van der Waals surface area contributed by atoms with Crippen LogP contribution >= 0.6 is 24.2 Å². The van der Waals surface area contributed by atoms with Gasteiger partial charge in [-0.15, -0.1) is 24.2 Å². The Labute approximate surface area is 106 Å². The average molecular weight is 259 g/mol. The maximum atomic E-state index is 11.7. The van der Waals surface area contributed by atoms with Crippen LogP contribution in [0.2, 0.25) is 0 Å². The SMILES string of the molecule is CSc1ccccc1NC(=O)[C@H]1CCN1.Cl. The fraction of sp³-hybridized carbons (Fsp3) is 0.364. The maximum Gasteiger partial charge on any atom is 0.241 e. The van der Waals surface area contributed by atoms with E-state index >= 15 is 0 Å². The van der Waals surface area contributed by atoms with Crippen molar-refractivity contribution in [3.05, 3.63) is 24.3 Å². The number of para-hydroxylation sites is 1. The van der Waals surface area contributed by atoms with Gasteiger partial charge in [-0.25, -0.2) is 0 Å². The van der Waals surface area contributed by atoms with Crippen LogP contribution in [0.5, 0.6) is 0 Å². The molecule has 1 aromatic carbocycles. The topological polar surface area (TPSA) is 41.1 Å². The molecule has 0 spiro atoms. The molecule has 1 aliphatic rings. The van der Waals surface area contributed by atoms with E-state index in [1.807, 2.05) is 30.5 Å². The highest BCUT2D eigenvalue weighted by Crippen LogP contribution is 2.24. The molecule has 0 aliphatic carbocycles. The maximum absolute atomic E-state index is 11.7. The minimum atomic E-state index is -0.0000813. The van der Waals surface area contributed by atoms with Gasteiger partial charge in [0.25, 0.3) is 0 Å². The van der Waals surface area contributed by atoms with Gasteiger partial charge in [-0.2, -0.15) is 0 Å². The van der Waals surface area contributed by atoms with Crippen LogP contribution in [0.4, 0.5) is 5.69 Å². The van der Waals surface area contributed by atoms with Gasteiger partial charge in [0.1, 0.15) is 0 Å². The first-order valence-electron chi connectivity index (χ1n) is 4.98. The third-order valence-electron chi connectivity index (χ3n) is 2.51. The Morgan fingerprint density at radius 2 is 2.19 bits per heavy atom. The molecule has 2 N–H and O–H groups in total. The number of nitrogens with one attached hydrogen (secondary N) is 2. The Bertz CT molecular complexity index is 369. The second-order valence-electron chi connectivity index (χ2n) is 3.48. The summed E-state index contributed by atoms with van der Waals surface area (Å²) in [6, 6.07) is 7.85. The van der Waals surface area contributed by atoms with Gasteiger partial charge >= 0.3 is 0 Å². The zero-order valence-corrected chi connectivity index (χ0v) is 10.7. The fourth-order valence-corrected chi connectivity index (χ4v) is 2.03. The zero-order valence-electron chi connectivity index (χ0n) is 9.03. The van der Waals surface area contributed by atoms with E-state index in [9.17, 15) is 4.79 Å². The van der Waals surface area contributed by atoms with Gasteiger partial charge in [-0.1, -0.05) is 12.1 Å². The standard InChI is InChI=1S/C11H14N2OS.ClH/c1-15-10-5-3-2-4-8(10)13-11(14)9-6-7-12-9;/h2-5,9,12H,6-7H2,1H3,(H,13,14);1H/t9-;/m1./s1. The van der Waals surface area contributed by atoms with Crippen molar-refractivity contribution >= 4 is 35.8 Å². The molecule has 0 saturated carbocycles. The first-order chi connectivity index (χ1) is 7.31. The quantitative estimate of drug-likeness (QED) is 0.817. The molecule has 0 radical (unpaired) electrons. The molecule has 0 aromatic heterocycles. The number of benzene rings is 1. The second kappa shape index (κ2) is 6.13. The number of carbonyl (C=O) groups excluding carboxylic acids is 1. The molecule has 1 aromatic rings. The van der Waals surface area contributed by atoms with Crippen LogP contribution in [-0.2, 0) is 4.79 Å². The zero-order chi connectivity index (χ0) is 10.7. The molecule has 1 amide bonds. The predicted octanol–water partition coefficient (Wildman–Crippen LogP) is 2.13. The van der Waals surface area contributed by atoms with Crippen molar-refractivity contribution in [1.29, 1.82) is 0 Å². The summed E-state index contributed by atoms with van der Waals surface area (Å²) in [6.45, 7) is 0.947. The normalized spacial score (nSPS) is 18.2. The molecular weight excluding hydrogens is 244 g/mol. The lowest BCUT2D eigenvalue weighted by atomic mass is 10.1. The third kappa shape index (κ3) is 2.90. The van der Waals surface area contributed by atoms with Crippen molar-refractivity contribution in [2.45, 2.75) is 17.4 Å². The molecule has 1 aliphatic heterocycles. The highest BCUT2D eigenvalue weighted by molar-refractivity contribution is 7.98. The summed E-state index contributed by atoms with van der Waals surface area (Å²) in [5.41, 5.74) is 0.906. The van der Waals surface area contributed by atoms with Crippen molar-refractivity contribution in [3.63, 3.8) is 0 Å². The number of amides is 1. The van der Waals surface area contributed by atoms with E-state index in [0.29, 0.717) is 0 Å². The van der Waals surface area contributed by atoms with Gasteiger partial charge in [0.15, 0.2) is 0 Å². The van der Waals surface area contributed by atoms with Gasteiger partial charge in [0, 0.05) is 4.90 Å². The first kappa shape index (κ1) is 13.4. The molecule has 5 heteroatoms. The molecule has 0 unspecified atom stereocenters. The number of anilines is 1. The number of hydrogen-bond acceptors (Lipinski definition) is 3. The van der Waals surface area contributed by atoms with Crippen molar-refractivity contribution in [3.8, 4) is 0 Å². The number of halogens is 1. The summed E-state index contributed by atoms with van der Waals surface area (Å²) in [6.07, 6.45) is 2.94. The van der Waals surface area contributed by atoms with Crippen LogP contribution in [0.1, 0.15) is 6.42 Å². The minimum absolute atomic E-state index is 0. The molecule has 1 atom stereocenters. The molecule has 0 bridgehead atoms.